The van der Waals surface area contributed by atoms with Crippen molar-refractivity contribution in [3.05, 3.63) is 29.8 Å². The first kappa shape index (κ1) is 27.8. The van der Waals surface area contributed by atoms with E-state index >= 15 is 0 Å². The van der Waals surface area contributed by atoms with Crippen LogP contribution in [-0.4, -0.2) is 69.2 Å². The summed E-state index contributed by atoms with van der Waals surface area (Å²) >= 11 is 1.62. The van der Waals surface area contributed by atoms with Gasteiger partial charge in [0, 0.05) is 13.5 Å². The predicted molar refractivity (Wildman–Crippen MR) is 128 cm³/mol. The van der Waals surface area contributed by atoms with Gasteiger partial charge in [0.25, 0.3) is 0 Å². The molecule has 0 saturated heterocycles. The Bertz CT molecular complexity index is 727. The molecule has 0 heterocycles. The summed E-state index contributed by atoms with van der Waals surface area (Å²) in [5.41, 5.74) is 0.889. The molecule has 0 bridgehead atoms. The summed E-state index contributed by atoms with van der Waals surface area (Å²) in [6.07, 6.45) is 3.35. The minimum atomic E-state index is -0.750. The van der Waals surface area contributed by atoms with Crippen molar-refractivity contribution < 1.29 is 23.9 Å². The van der Waals surface area contributed by atoms with Crippen LogP contribution in [0.2, 0.25) is 0 Å². The van der Waals surface area contributed by atoms with E-state index in [9.17, 15) is 14.4 Å². The van der Waals surface area contributed by atoms with Crippen LogP contribution in [0.4, 0.5) is 0 Å². The van der Waals surface area contributed by atoms with Gasteiger partial charge < -0.3 is 20.1 Å². The number of rotatable bonds is 14. The number of carbonyl (C=O) groups is 3. The lowest BCUT2D eigenvalue weighted by Gasteiger charge is -2.27. The number of hydrogen-bond donors (Lipinski definition) is 3. The third kappa shape index (κ3) is 9.48. The number of ether oxygens (including phenoxy) is 2. The van der Waals surface area contributed by atoms with Crippen molar-refractivity contribution in [2.75, 3.05) is 33.3 Å². The molecule has 0 aromatic heterocycles. The Morgan fingerprint density at radius 2 is 1.66 bits per heavy atom. The number of hydrogen-bond acceptors (Lipinski definition) is 7. The van der Waals surface area contributed by atoms with Crippen molar-refractivity contribution in [2.45, 2.75) is 51.2 Å². The summed E-state index contributed by atoms with van der Waals surface area (Å²) in [5.74, 6) is 0.665. The molecule has 3 N–H and O–H groups in total. The summed E-state index contributed by atoms with van der Waals surface area (Å²) < 4.78 is 10.1. The average molecular weight is 468 g/mol. The van der Waals surface area contributed by atoms with Crippen molar-refractivity contribution in [3.63, 3.8) is 0 Å². The molecule has 1 aromatic rings. The summed E-state index contributed by atoms with van der Waals surface area (Å²) in [6, 6.07) is 5.37. The first-order valence-electron chi connectivity index (χ1n) is 10.7. The van der Waals surface area contributed by atoms with Crippen LogP contribution in [0.3, 0.4) is 0 Å². The zero-order chi connectivity index (χ0) is 24.1. The fraction of sp³-hybridized carbons (Fsp3) is 0.609. The largest absolute Gasteiger partial charge is 0.497 e. The second-order valence-electron chi connectivity index (χ2n) is 7.93. The SMILES string of the molecule is CNC(=O)[C@H](Cc1ccc(OC)cc1)NC(=O)[C@H](CC(C)C)NC(CCSC)C(=O)OC. The molecule has 1 unspecified atom stereocenters. The van der Waals surface area contributed by atoms with E-state index in [2.05, 4.69) is 16.0 Å². The van der Waals surface area contributed by atoms with Gasteiger partial charge in [-0.3, -0.25) is 19.7 Å². The normalized spacial score (nSPS) is 13.7. The van der Waals surface area contributed by atoms with Crippen LogP contribution in [-0.2, 0) is 25.5 Å². The van der Waals surface area contributed by atoms with E-state index in [0.29, 0.717) is 19.3 Å². The van der Waals surface area contributed by atoms with E-state index in [1.54, 1.807) is 18.9 Å². The summed E-state index contributed by atoms with van der Waals surface area (Å²) in [7, 11) is 4.46. The Balaban J connectivity index is 3.00. The molecule has 0 aliphatic carbocycles. The quantitative estimate of drug-likeness (QED) is 0.358. The highest BCUT2D eigenvalue weighted by atomic mass is 32.2. The molecule has 0 aliphatic heterocycles. The van der Waals surface area contributed by atoms with E-state index in [-0.39, 0.29) is 17.7 Å². The van der Waals surface area contributed by atoms with Gasteiger partial charge in [-0.2, -0.15) is 11.8 Å². The second kappa shape index (κ2) is 14.7. The fourth-order valence-corrected chi connectivity index (χ4v) is 3.74. The zero-order valence-electron chi connectivity index (χ0n) is 19.9. The molecular weight excluding hydrogens is 430 g/mol. The Labute approximate surface area is 195 Å². The summed E-state index contributed by atoms with van der Waals surface area (Å²) in [6.45, 7) is 4.01. The van der Waals surface area contributed by atoms with Gasteiger partial charge in [-0.25, -0.2) is 0 Å². The smallest absolute Gasteiger partial charge is 0.322 e. The maximum atomic E-state index is 13.2. The van der Waals surface area contributed by atoms with Gasteiger partial charge in [0.05, 0.1) is 20.3 Å². The Kier molecular flexibility index (Phi) is 12.8. The van der Waals surface area contributed by atoms with Crippen LogP contribution in [0, 0.1) is 5.92 Å². The van der Waals surface area contributed by atoms with Gasteiger partial charge in [-0.15, -0.1) is 0 Å². The minimum absolute atomic E-state index is 0.206. The molecule has 2 amide bonds. The first-order valence-corrected chi connectivity index (χ1v) is 12.1. The van der Waals surface area contributed by atoms with Crippen LogP contribution >= 0.6 is 11.8 Å². The van der Waals surface area contributed by atoms with Crippen LogP contribution < -0.4 is 20.7 Å². The van der Waals surface area contributed by atoms with E-state index in [1.165, 1.54) is 14.2 Å². The average Bonchev–Trinajstić information content (AvgIpc) is 2.79. The topological polar surface area (TPSA) is 106 Å². The number of amides is 2. The van der Waals surface area contributed by atoms with Gasteiger partial charge in [0.2, 0.25) is 11.8 Å². The van der Waals surface area contributed by atoms with Crippen LogP contribution in [0.1, 0.15) is 32.3 Å². The van der Waals surface area contributed by atoms with E-state index in [1.807, 2.05) is 44.4 Å². The molecule has 0 radical (unpaired) electrons. The maximum Gasteiger partial charge on any atom is 0.322 e. The molecule has 8 nitrogen and oxygen atoms in total. The number of esters is 1. The fourth-order valence-electron chi connectivity index (χ4n) is 3.27. The monoisotopic (exact) mass is 467 g/mol. The number of carbonyl (C=O) groups excluding carboxylic acids is 3. The maximum absolute atomic E-state index is 13.2. The number of nitrogens with one attached hydrogen (secondary N) is 3. The van der Waals surface area contributed by atoms with Crippen molar-refractivity contribution in [2.24, 2.45) is 5.92 Å². The predicted octanol–water partition coefficient (Wildman–Crippen LogP) is 1.77. The van der Waals surface area contributed by atoms with Gasteiger partial charge in [0.15, 0.2) is 0 Å². The molecule has 1 aromatic carbocycles. The zero-order valence-corrected chi connectivity index (χ0v) is 20.7. The second-order valence-corrected chi connectivity index (χ2v) is 8.92. The first-order chi connectivity index (χ1) is 15.2. The number of thioether (sulfide) groups is 1. The van der Waals surface area contributed by atoms with Crippen LogP contribution in [0.25, 0.3) is 0 Å². The Morgan fingerprint density at radius 3 is 2.16 bits per heavy atom. The van der Waals surface area contributed by atoms with Crippen molar-refractivity contribution in [1.29, 1.82) is 0 Å². The highest BCUT2D eigenvalue weighted by Crippen LogP contribution is 2.14. The lowest BCUT2D eigenvalue weighted by molar-refractivity contribution is -0.143. The standard InChI is InChI=1S/C23H37N3O5S/c1-15(2)13-19(25-18(11-12-32-6)23(29)31-5)22(28)26-20(21(27)24-3)14-16-7-9-17(30-4)10-8-16/h7-10,15,18-20,25H,11-14H2,1-6H3,(H,24,27)(H,26,28)/t18?,19-,20-/m0/s1. The van der Waals surface area contributed by atoms with Gasteiger partial charge in [-0.1, -0.05) is 26.0 Å². The molecule has 1 rings (SSSR count). The van der Waals surface area contributed by atoms with Gasteiger partial charge in [-0.05, 0) is 48.5 Å². The summed E-state index contributed by atoms with van der Waals surface area (Å²) in [5, 5.41) is 8.64. The third-order valence-electron chi connectivity index (χ3n) is 5.00. The molecule has 9 heteroatoms. The third-order valence-corrected chi connectivity index (χ3v) is 5.64. The number of benzene rings is 1. The lowest BCUT2D eigenvalue weighted by Crippen LogP contribution is -2.56. The highest BCUT2D eigenvalue weighted by Gasteiger charge is 2.30. The van der Waals surface area contributed by atoms with Crippen LogP contribution in [0.15, 0.2) is 24.3 Å². The Hall–Kier alpha value is -2.26. The molecule has 0 aliphatic rings. The van der Waals surface area contributed by atoms with E-state index in [0.717, 1.165) is 17.1 Å². The lowest BCUT2D eigenvalue weighted by atomic mass is 10.00. The number of likely N-dealkylation sites (N-methyl/N-ethyl adjacent to an activating group) is 1. The molecule has 0 fully saturated rings. The minimum Gasteiger partial charge on any atom is -0.497 e. The van der Waals surface area contributed by atoms with Crippen LogP contribution in [0.5, 0.6) is 5.75 Å². The van der Waals surface area contributed by atoms with Crippen molar-refractivity contribution >= 4 is 29.5 Å². The molecule has 32 heavy (non-hydrogen) atoms. The molecule has 0 saturated carbocycles. The van der Waals surface area contributed by atoms with Gasteiger partial charge in [0.1, 0.15) is 17.8 Å². The molecule has 0 spiro atoms. The molecule has 180 valence electrons. The van der Waals surface area contributed by atoms with E-state index in [4.69, 9.17) is 9.47 Å². The van der Waals surface area contributed by atoms with E-state index < -0.39 is 24.1 Å². The molecular formula is C23H37N3O5S. The van der Waals surface area contributed by atoms with Crippen molar-refractivity contribution in [3.8, 4) is 5.75 Å². The summed E-state index contributed by atoms with van der Waals surface area (Å²) in [4.78, 5) is 37.9. The number of methoxy groups -OCH3 is 2. The molecule has 3 atom stereocenters. The van der Waals surface area contributed by atoms with Gasteiger partial charge >= 0.3 is 5.97 Å². The van der Waals surface area contributed by atoms with Crippen molar-refractivity contribution in [1.82, 2.24) is 16.0 Å². The highest BCUT2D eigenvalue weighted by molar-refractivity contribution is 7.98. The Morgan fingerprint density at radius 1 is 1.00 bits per heavy atom.